The van der Waals surface area contributed by atoms with Crippen LogP contribution in [-0.4, -0.2) is 55.1 Å². The molecule has 168 valence electrons. The minimum Gasteiger partial charge on any atom is -0.434 e. The zero-order valence-electron chi connectivity index (χ0n) is 18.9. The van der Waals surface area contributed by atoms with Gasteiger partial charge in [-0.05, 0) is 32.4 Å². The molecule has 0 aromatic heterocycles. The number of carbonyl (C=O) groups excluding carboxylic acids is 1. The topological polar surface area (TPSA) is 59.0 Å². The van der Waals surface area contributed by atoms with Gasteiger partial charge in [-0.15, -0.1) is 0 Å². The Morgan fingerprint density at radius 2 is 1.39 bits per heavy atom. The summed E-state index contributed by atoms with van der Waals surface area (Å²) < 4.78 is 10.6. The average Bonchev–Trinajstić information content (AvgIpc) is 2.69. The van der Waals surface area contributed by atoms with Crippen molar-refractivity contribution in [3.63, 3.8) is 0 Å². The molecular formula is C23H47NO4. The maximum atomic E-state index is 11.9. The lowest BCUT2D eigenvalue weighted by Crippen LogP contribution is -2.26. The van der Waals surface area contributed by atoms with Crippen molar-refractivity contribution in [2.45, 2.75) is 110 Å². The van der Waals surface area contributed by atoms with Crippen LogP contribution in [0.15, 0.2) is 0 Å². The zero-order valence-corrected chi connectivity index (χ0v) is 18.9. The molecule has 0 rings (SSSR count). The Hall–Kier alpha value is -0.810. The van der Waals surface area contributed by atoms with Crippen LogP contribution in [0.3, 0.4) is 0 Å². The Kier molecular flexibility index (Phi) is 20.3. The van der Waals surface area contributed by atoms with E-state index in [-0.39, 0.29) is 12.7 Å². The van der Waals surface area contributed by atoms with Crippen LogP contribution < -0.4 is 0 Å². The average molecular weight is 402 g/mol. The Bertz CT molecular complexity index is 335. The molecule has 5 nitrogen and oxygen atoms in total. The predicted octanol–water partition coefficient (Wildman–Crippen LogP) is 5.93. The van der Waals surface area contributed by atoms with Gasteiger partial charge in [0.2, 0.25) is 0 Å². The first-order chi connectivity index (χ1) is 13.7. The molecule has 0 spiro atoms. The molecule has 0 unspecified atom stereocenters. The van der Waals surface area contributed by atoms with E-state index in [1.807, 2.05) is 0 Å². The highest BCUT2D eigenvalue weighted by Gasteiger charge is 2.15. The van der Waals surface area contributed by atoms with Crippen molar-refractivity contribution in [1.29, 1.82) is 0 Å². The molecule has 0 amide bonds. The largest absolute Gasteiger partial charge is 0.508 e. The summed E-state index contributed by atoms with van der Waals surface area (Å²) in [6.07, 6.45) is 14.2. The van der Waals surface area contributed by atoms with E-state index in [0.29, 0.717) is 13.0 Å². The highest BCUT2D eigenvalue weighted by atomic mass is 16.7. The lowest BCUT2D eigenvalue weighted by Gasteiger charge is -2.18. The van der Waals surface area contributed by atoms with Gasteiger partial charge in [-0.1, -0.05) is 78.6 Å². The molecule has 0 saturated carbocycles. The van der Waals surface area contributed by atoms with Crippen LogP contribution in [0, 0.1) is 0 Å². The van der Waals surface area contributed by atoms with E-state index in [4.69, 9.17) is 9.47 Å². The lowest BCUT2D eigenvalue weighted by atomic mass is 10.0. The summed E-state index contributed by atoms with van der Waals surface area (Å²) in [5.41, 5.74) is 0. The molecule has 0 aliphatic carbocycles. The number of ether oxygens (including phenoxy) is 2. The highest BCUT2D eigenvalue weighted by molar-refractivity contribution is 5.60. The summed E-state index contributed by atoms with van der Waals surface area (Å²) in [6, 6.07) is 0. The minimum atomic E-state index is -0.593. The summed E-state index contributed by atoms with van der Waals surface area (Å²) >= 11 is 0. The van der Waals surface area contributed by atoms with Crippen LogP contribution in [0.1, 0.15) is 104 Å². The fourth-order valence-electron chi connectivity index (χ4n) is 3.42. The van der Waals surface area contributed by atoms with Gasteiger partial charge in [0.05, 0.1) is 6.61 Å². The van der Waals surface area contributed by atoms with Crippen LogP contribution in [-0.2, 0) is 9.47 Å². The van der Waals surface area contributed by atoms with Gasteiger partial charge in [0.25, 0.3) is 0 Å². The van der Waals surface area contributed by atoms with E-state index < -0.39 is 6.16 Å². The van der Waals surface area contributed by atoms with Crippen molar-refractivity contribution in [3.8, 4) is 0 Å². The number of rotatable bonds is 20. The van der Waals surface area contributed by atoms with E-state index in [2.05, 4.69) is 25.7 Å². The Morgan fingerprint density at radius 1 is 0.821 bits per heavy atom. The molecule has 1 atom stereocenters. The predicted molar refractivity (Wildman–Crippen MR) is 117 cm³/mol. The summed E-state index contributed by atoms with van der Waals surface area (Å²) in [5, 5.41) is 9.20. The van der Waals surface area contributed by atoms with Crippen LogP contribution in [0.2, 0.25) is 0 Å². The van der Waals surface area contributed by atoms with E-state index in [1.54, 1.807) is 0 Å². The number of hydrogen-bond donors (Lipinski definition) is 1. The van der Waals surface area contributed by atoms with Gasteiger partial charge in [0, 0.05) is 19.6 Å². The van der Waals surface area contributed by atoms with Gasteiger partial charge in [-0.2, -0.15) is 0 Å². The molecule has 0 heterocycles. The van der Waals surface area contributed by atoms with Gasteiger partial charge in [0.15, 0.2) is 0 Å². The second-order valence-corrected chi connectivity index (χ2v) is 7.70. The number of hydrogen-bond acceptors (Lipinski definition) is 5. The molecule has 0 aliphatic heterocycles. The number of carbonyl (C=O) groups is 1. The molecule has 1 N–H and O–H groups in total. The molecule has 0 fully saturated rings. The standard InChI is InChI=1S/C23H47NO4/c1-4-7-8-9-10-11-12-13-14-15-17-22(18-20-25)28-23(26)27-21-16-19-24(5-2)6-3/h22,25H,4-21H2,1-3H3/t22-/m0/s1. The molecule has 5 heteroatoms. The summed E-state index contributed by atoms with van der Waals surface area (Å²) in [7, 11) is 0. The van der Waals surface area contributed by atoms with Crippen LogP contribution in [0.25, 0.3) is 0 Å². The van der Waals surface area contributed by atoms with Crippen LogP contribution in [0.4, 0.5) is 4.79 Å². The second-order valence-electron chi connectivity index (χ2n) is 7.70. The van der Waals surface area contributed by atoms with Crippen molar-refractivity contribution in [1.82, 2.24) is 4.90 Å². The maximum Gasteiger partial charge on any atom is 0.508 e. The summed E-state index contributed by atoms with van der Waals surface area (Å²) in [6.45, 7) is 9.89. The Morgan fingerprint density at radius 3 is 1.93 bits per heavy atom. The first-order valence-corrected chi connectivity index (χ1v) is 11.8. The maximum absolute atomic E-state index is 11.9. The number of unbranched alkanes of at least 4 members (excludes halogenated alkanes) is 9. The number of aliphatic hydroxyl groups is 1. The molecule has 28 heavy (non-hydrogen) atoms. The van der Waals surface area contributed by atoms with Gasteiger partial charge in [-0.25, -0.2) is 4.79 Å². The van der Waals surface area contributed by atoms with Gasteiger partial charge >= 0.3 is 6.16 Å². The van der Waals surface area contributed by atoms with E-state index >= 15 is 0 Å². The molecule has 0 aliphatic rings. The minimum absolute atomic E-state index is 0.0394. The summed E-state index contributed by atoms with van der Waals surface area (Å²) in [5.74, 6) is 0. The van der Waals surface area contributed by atoms with Gasteiger partial charge in [-0.3, -0.25) is 0 Å². The molecule has 0 saturated heterocycles. The van der Waals surface area contributed by atoms with Crippen molar-refractivity contribution >= 4 is 6.16 Å². The molecule has 0 radical (unpaired) electrons. The first kappa shape index (κ1) is 27.2. The molecular weight excluding hydrogens is 354 g/mol. The normalized spacial score (nSPS) is 12.3. The third-order valence-corrected chi connectivity index (χ3v) is 5.33. The monoisotopic (exact) mass is 401 g/mol. The number of aliphatic hydroxyl groups excluding tert-OH is 1. The van der Waals surface area contributed by atoms with Crippen molar-refractivity contribution in [2.75, 3.05) is 32.8 Å². The molecule has 0 aromatic carbocycles. The Labute approximate surface area is 174 Å². The molecule has 0 bridgehead atoms. The Balaban J connectivity index is 3.71. The second kappa shape index (κ2) is 20.9. The quantitative estimate of drug-likeness (QED) is 0.202. The van der Waals surface area contributed by atoms with Crippen molar-refractivity contribution < 1.29 is 19.4 Å². The SMILES string of the molecule is CCCCCCCCCCCC[C@@H](CCO)OC(=O)OCCCN(CC)CC. The van der Waals surface area contributed by atoms with Gasteiger partial charge < -0.3 is 19.5 Å². The molecule has 0 aromatic rings. The lowest BCUT2D eigenvalue weighted by molar-refractivity contribution is 0.0104. The smallest absolute Gasteiger partial charge is 0.434 e. The first-order valence-electron chi connectivity index (χ1n) is 11.8. The number of nitrogens with zero attached hydrogens (tertiary/aromatic N) is 1. The van der Waals surface area contributed by atoms with Crippen molar-refractivity contribution in [3.05, 3.63) is 0 Å². The highest BCUT2D eigenvalue weighted by Crippen LogP contribution is 2.14. The zero-order chi connectivity index (χ0) is 20.9. The fraction of sp³-hybridized carbons (Fsp3) is 0.957. The van der Waals surface area contributed by atoms with Crippen molar-refractivity contribution in [2.24, 2.45) is 0 Å². The summed E-state index contributed by atoms with van der Waals surface area (Å²) in [4.78, 5) is 14.2. The van der Waals surface area contributed by atoms with Crippen LogP contribution in [0.5, 0.6) is 0 Å². The third-order valence-electron chi connectivity index (χ3n) is 5.33. The fourth-order valence-corrected chi connectivity index (χ4v) is 3.42. The van der Waals surface area contributed by atoms with E-state index in [0.717, 1.165) is 38.9 Å². The third kappa shape index (κ3) is 17.3. The van der Waals surface area contributed by atoms with E-state index in [1.165, 1.54) is 57.8 Å². The van der Waals surface area contributed by atoms with Crippen LogP contribution >= 0.6 is 0 Å². The van der Waals surface area contributed by atoms with Gasteiger partial charge in [0.1, 0.15) is 6.10 Å². The van der Waals surface area contributed by atoms with E-state index in [9.17, 15) is 9.90 Å².